The highest BCUT2D eigenvalue weighted by atomic mass is 16.2. The van der Waals surface area contributed by atoms with Crippen molar-refractivity contribution in [3.05, 3.63) is 30.4 Å². The fraction of sp³-hybridized carbons (Fsp3) is 0.529. The monoisotopic (exact) mass is 369 g/mol. The Morgan fingerprint density at radius 2 is 2.15 bits per heavy atom. The van der Waals surface area contributed by atoms with Gasteiger partial charge in [0, 0.05) is 49.4 Å². The third kappa shape index (κ3) is 3.11. The molecule has 2 atom stereocenters. The molecule has 0 radical (unpaired) electrons. The second kappa shape index (κ2) is 6.29. The summed E-state index contributed by atoms with van der Waals surface area (Å²) in [4.78, 5) is 19.1. The molecular formula is C17H23N9O. The maximum absolute atomic E-state index is 12.8. The molecule has 0 unspecified atom stereocenters. The smallest absolute Gasteiger partial charge is 0.223 e. The molecule has 0 aliphatic carbocycles. The van der Waals surface area contributed by atoms with E-state index in [2.05, 4.69) is 51.7 Å². The lowest BCUT2D eigenvalue weighted by Crippen LogP contribution is -2.44. The van der Waals surface area contributed by atoms with Crippen molar-refractivity contribution < 1.29 is 4.79 Å². The third-order valence-corrected chi connectivity index (χ3v) is 4.87. The zero-order chi connectivity index (χ0) is 19.2. The van der Waals surface area contributed by atoms with E-state index < -0.39 is 0 Å². The number of tetrazole rings is 1. The van der Waals surface area contributed by atoms with Gasteiger partial charge in [-0.05, 0) is 31.2 Å². The lowest BCUT2D eigenvalue weighted by Gasteiger charge is -2.38. The number of rotatable bonds is 4. The Labute approximate surface area is 156 Å². The Bertz CT molecular complexity index is 970. The minimum Gasteiger partial charge on any atom is -0.366 e. The molecule has 1 aliphatic heterocycles. The maximum Gasteiger partial charge on any atom is 0.223 e. The Hall–Kier alpha value is -3.04. The number of hydrogen-bond donors (Lipinski definition) is 1. The zero-order valence-electron chi connectivity index (χ0n) is 15.9. The van der Waals surface area contributed by atoms with Gasteiger partial charge in [-0.2, -0.15) is 9.61 Å². The first-order valence-electron chi connectivity index (χ1n) is 8.92. The molecular weight excluding hydrogens is 346 g/mol. The molecule has 0 bridgehead atoms. The molecule has 3 aromatic rings. The molecule has 10 nitrogen and oxygen atoms in total. The second-order valence-electron chi connectivity index (χ2n) is 7.89. The number of likely N-dealkylation sites (tertiary alicyclic amines) is 1. The van der Waals surface area contributed by atoms with Gasteiger partial charge < -0.3 is 10.2 Å². The summed E-state index contributed by atoms with van der Waals surface area (Å²) < 4.78 is 3.34. The molecule has 1 N–H and O–H groups in total. The van der Waals surface area contributed by atoms with E-state index in [0.717, 1.165) is 5.56 Å². The van der Waals surface area contributed by atoms with Gasteiger partial charge in [0.15, 0.2) is 5.82 Å². The summed E-state index contributed by atoms with van der Waals surface area (Å²) in [7, 11) is 1.89. The lowest BCUT2D eigenvalue weighted by atomic mass is 9.93. The summed E-state index contributed by atoms with van der Waals surface area (Å²) in [6.45, 7) is 6.77. The number of hydrogen-bond acceptors (Lipinski definition) is 7. The maximum atomic E-state index is 12.8. The van der Waals surface area contributed by atoms with Crippen LogP contribution < -0.4 is 5.32 Å². The predicted octanol–water partition coefficient (Wildman–Crippen LogP) is 1.05. The van der Waals surface area contributed by atoms with E-state index in [0.29, 0.717) is 24.4 Å². The van der Waals surface area contributed by atoms with Crippen LogP contribution in [0, 0.1) is 5.92 Å². The average Bonchev–Trinajstić information content (AvgIpc) is 3.30. The number of nitrogens with zero attached hydrogens (tertiary/aromatic N) is 8. The molecule has 0 saturated carbocycles. The molecule has 10 heteroatoms. The average molecular weight is 369 g/mol. The fourth-order valence-corrected chi connectivity index (χ4v) is 3.82. The molecule has 4 rings (SSSR count). The molecule has 0 spiro atoms. The highest BCUT2D eigenvalue weighted by Gasteiger charge is 2.45. The van der Waals surface area contributed by atoms with Crippen LogP contribution in [0.15, 0.2) is 24.8 Å². The van der Waals surface area contributed by atoms with Crippen LogP contribution in [0.1, 0.15) is 38.8 Å². The van der Waals surface area contributed by atoms with Crippen LogP contribution in [0.4, 0.5) is 5.82 Å². The Morgan fingerprint density at radius 1 is 1.33 bits per heavy atom. The minimum atomic E-state index is -0.276. The Morgan fingerprint density at radius 3 is 2.85 bits per heavy atom. The predicted molar refractivity (Wildman–Crippen MR) is 97.7 cm³/mol. The number of nitrogens with one attached hydrogen (secondary N) is 1. The van der Waals surface area contributed by atoms with E-state index in [1.807, 2.05) is 24.3 Å². The fourth-order valence-electron chi connectivity index (χ4n) is 3.82. The summed E-state index contributed by atoms with van der Waals surface area (Å²) >= 11 is 0. The Kier molecular flexibility index (Phi) is 4.05. The van der Waals surface area contributed by atoms with Crippen LogP contribution in [-0.4, -0.2) is 57.7 Å². The van der Waals surface area contributed by atoms with Gasteiger partial charge in [-0.1, -0.05) is 0 Å². The molecule has 1 saturated heterocycles. The summed E-state index contributed by atoms with van der Waals surface area (Å²) in [6, 6.07) is -0.0468. The van der Waals surface area contributed by atoms with Crippen LogP contribution in [-0.2, 0) is 11.8 Å². The first-order chi connectivity index (χ1) is 12.8. The molecule has 1 amide bonds. The number of fused-ring (bicyclic) bond motifs is 1. The number of aromatic nitrogens is 7. The first kappa shape index (κ1) is 17.4. The van der Waals surface area contributed by atoms with Crippen LogP contribution in [0.2, 0.25) is 0 Å². The van der Waals surface area contributed by atoms with Crippen molar-refractivity contribution in [2.45, 2.75) is 38.8 Å². The van der Waals surface area contributed by atoms with Crippen LogP contribution in [0.25, 0.3) is 5.65 Å². The molecule has 27 heavy (non-hydrogen) atoms. The van der Waals surface area contributed by atoms with E-state index in [1.165, 1.54) is 0 Å². The van der Waals surface area contributed by atoms with E-state index in [9.17, 15) is 4.79 Å². The lowest BCUT2D eigenvalue weighted by molar-refractivity contribution is -0.133. The molecule has 1 fully saturated rings. The van der Waals surface area contributed by atoms with Crippen molar-refractivity contribution in [2.75, 3.05) is 11.9 Å². The van der Waals surface area contributed by atoms with Crippen molar-refractivity contribution in [2.24, 2.45) is 13.0 Å². The molecule has 142 valence electrons. The van der Waals surface area contributed by atoms with Crippen molar-refractivity contribution in [3.63, 3.8) is 0 Å². The van der Waals surface area contributed by atoms with Gasteiger partial charge in [0.1, 0.15) is 0 Å². The SMILES string of the molecule is Cn1cc([C@@H]2[C@@H](CNc3nccn4nnnc34)CC(=O)N2C(C)(C)C)cn1. The van der Waals surface area contributed by atoms with Crippen molar-refractivity contribution in [3.8, 4) is 0 Å². The van der Waals surface area contributed by atoms with Crippen molar-refractivity contribution >= 4 is 17.4 Å². The van der Waals surface area contributed by atoms with E-state index >= 15 is 0 Å². The molecule has 1 aliphatic rings. The standard InChI is InChI=1S/C17H23N9O/c1-17(2,3)26-13(27)7-11(14(26)12-9-20-24(4)10-12)8-19-15-16-21-22-23-25(16)6-5-18-15/h5-6,9-11,14H,7-8H2,1-4H3,(H,18,19)/t11-,14+/m1/s1. The minimum absolute atomic E-state index is 0.0468. The van der Waals surface area contributed by atoms with Gasteiger partial charge in [-0.15, -0.1) is 5.10 Å². The van der Waals surface area contributed by atoms with Crippen molar-refractivity contribution in [1.29, 1.82) is 0 Å². The summed E-state index contributed by atoms with van der Waals surface area (Å²) in [5, 5.41) is 19.2. The number of carbonyl (C=O) groups excluding carboxylic acids is 1. The van der Waals surface area contributed by atoms with E-state index in [4.69, 9.17) is 0 Å². The molecule has 3 aromatic heterocycles. The highest BCUT2D eigenvalue weighted by molar-refractivity contribution is 5.80. The van der Waals surface area contributed by atoms with E-state index in [-0.39, 0.29) is 23.4 Å². The Balaban J connectivity index is 1.62. The van der Waals surface area contributed by atoms with E-state index in [1.54, 1.807) is 21.6 Å². The van der Waals surface area contributed by atoms with Gasteiger partial charge in [0.05, 0.1) is 18.4 Å². The summed E-state index contributed by atoms with van der Waals surface area (Å²) in [5.74, 6) is 0.839. The van der Waals surface area contributed by atoms with Gasteiger partial charge in [-0.3, -0.25) is 9.48 Å². The summed E-state index contributed by atoms with van der Waals surface area (Å²) in [6.07, 6.45) is 7.63. The number of aryl methyl sites for hydroxylation is 1. The number of anilines is 1. The largest absolute Gasteiger partial charge is 0.366 e. The van der Waals surface area contributed by atoms with Crippen LogP contribution in [0.5, 0.6) is 0 Å². The topological polar surface area (TPSA) is 106 Å². The summed E-state index contributed by atoms with van der Waals surface area (Å²) in [5.41, 5.74) is 1.33. The third-order valence-electron chi connectivity index (χ3n) is 4.87. The van der Waals surface area contributed by atoms with Gasteiger partial charge >= 0.3 is 0 Å². The molecule has 4 heterocycles. The normalized spacial score (nSPS) is 20.6. The first-order valence-corrected chi connectivity index (χ1v) is 8.92. The van der Waals surface area contributed by atoms with Crippen molar-refractivity contribution in [1.82, 2.24) is 39.7 Å². The van der Waals surface area contributed by atoms with Gasteiger partial charge in [0.25, 0.3) is 0 Å². The van der Waals surface area contributed by atoms with Gasteiger partial charge in [0.2, 0.25) is 11.6 Å². The second-order valence-corrected chi connectivity index (χ2v) is 7.89. The van der Waals surface area contributed by atoms with Crippen LogP contribution >= 0.6 is 0 Å². The number of carbonyl (C=O) groups is 1. The zero-order valence-corrected chi connectivity index (χ0v) is 15.9. The molecule has 0 aromatic carbocycles. The quantitative estimate of drug-likeness (QED) is 0.733. The van der Waals surface area contributed by atoms with Gasteiger partial charge in [-0.25, -0.2) is 4.98 Å². The van der Waals surface area contributed by atoms with Crippen LogP contribution in [0.3, 0.4) is 0 Å². The highest BCUT2D eigenvalue weighted by Crippen LogP contribution is 2.42. The number of amides is 1.